The summed E-state index contributed by atoms with van der Waals surface area (Å²) in [5.74, 6) is 0.584. The number of nitrogens with two attached hydrogens (primary N) is 1. The number of hydrogen-bond acceptors (Lipinski definition) is 3. The van der Waals surface area contributed by atoms with Crippen LogP contribution in [0.4, 0.5) is 5.69 Å². The highest BCUT2D eigenvalue weighted by Gasteiger charge is 2.19. The molecule has 1 aromatic carbocycles. The van der Waals surface area contributed by atoms with Crippen molar-refractivity contribution in [1.29, 1.82) is 0 Å². The minimum Gasteiger partial charge on any atom is -0.369 e. The monoisotopic (exact) mass is 289 g/mol. The highest BCUT2D eigenvalue weighted by atomic mass is 15.3. The van der Waals surface area contributed by atoms with Crippen LogP contribution in [0.15, 0.2) is 18.2 Å². The molecule has 0 aliphatic carbocycles. The molecule has 0 saturated carbocycles. The van der Waals surface area contributed by atoms with Crippen LogP contribution in [0, 0.1) is 19.8 Å². The summed E-state index contributed by atoms with van der Waals surface area (Å²) in [6, 6.07) is 6.96. The minimum atomic E-state index is 0.335. The summed E-state index contributed by atoms with van der Waals surface area (Å²) in [7, 11) is 0. The van der Waals surface area contributed by atoms with Crippen molar-refractivity contribution in [3.05, 3.63) is 29.3 Å². The number of aryl methyl sites for hydroxylation is 1. The Morgan fingerprint density at radius 2 is 1.76 bits per heavy atom. The van der Waals surface area contributed by atoms with Gasteiger partial charge in [0.05, 0.1) is 0 Å². The van der Waals surface area contributed by atoms with E-state index in [0.29, 0.717) is 12.0 Å². The maximum absolute atomic E-state index is 6.15. The van der Waals surface area contributed by atoms with Crippen molar-refractivity contribution >= 4 is 5.69 Å². The Morgan fingerprint density at radius 3 is 2.38 bits per heavy atom. The molecule has 1 aromatic rings. The molecule has 2 N–H and O–H groups in total. The summed E-state index contributed by atoms with van der Waals surface area (Å²) in [6.45, 7) is 14.5. The SMILES string of the molecule is Cc1cccc(N2CCN(CCC(N)C(C)C)CC2)c1C. The number of piperazine rings is 1. The van der Waals surface area contributed by atoms with Crippen molar-refractivity contribution in [2.24, 2.45) is 11.7 Å². The van der Waals surface area contributed by atoms with Crippen LogP contribution in [0.1, 0.15) is 31.4 Å². The normalized spacial score (nSPS) is 18.3. The molecule has 0 amide bonds. The lowest BCUT2D eigenvalue weighted by atomic mass is 10.0. The molecule has 3 nitrogen and oxygen atoms in total. The zero-order valence-electron chi connectivity index (χ0n) is 14.1. The molecule has 0 radical (unpaired) electrons. The lowest BCUT2D eigenvalue weighted by molar-refractivity contribution is 0.241. The molecule has 1 aliphatic heterocycles. The first-order valence-corrected chi connectivity index (χ1v) is 8.28. The molecule has 2 rings (SSSR count). The fourth-order valence-electron chi connectivity index (χ4n) is 2.96. The third kappa shape index (κ3) is 4.21. The second-order valence-corrected chi connectivity index (χ2v) is 6.74. The number of nitrogens with zero attached hydrogens (tertiary/aromatic N) is 2. The molecule has 0 bridgehead atoms. The van der Waals surface area contributed by atoms with Crippen LogP contribution in [0.25, 0.3) is 0 Å². The molecule has 1 fully saturated rings. The Labute approximate surface area is 130 Å². The van der Waals surface area contributed by atoms with Gasteiger partial charge >= 0.3 is 0 Å². The van der Waals surface area contributed by atoms with Crippen molar-refractivity contribution < 1.29 is 0 Å². The van der Waals surface area contributed by atoms with Crippen LogP contribution in [-0.4, -0.2) is 43.7 Å². The van der Waals surface area contributed by atoms with Gasteiger partial charge in [-0.05, 0) is 49.9 Å². The summed E-state index contributed by atoms with van der Waals surface area (Å²) < 4.78 is 0. The number of hydrogen-bond donors (Lipinski definition) is 1. The van der Waals surface area contributed by atoms with Gasteiger partial charge in [0.1, 0.15) is 0 Å². The van der Waals surface area contributed by atoms with E-state index in [1.807, 2.05) is 0 Å². The van der Waals surface area contributed by atoms with E-state index in [1.165, 1.54) is 16.8 Å². The highest BCUT2D eigenvalue weighted by Crippen LogP contribution is 2.23. The van der Waals surface area contributed by atoms with E-state index in [9.17, 15) is 0 Å². The number of rotatable bonds is 5. The molecular weight excluding hydrogens is 258 g/mol. The maximum atomic E-state index is 6.15. The van der Waals surface area contributed by atoms with Gasteiger partial charge in [0.25, 0.3) is 0 Å². The summed E-state index contributed by atoms with van der Waals surface area (Å²) in [5.41, 5.74) is 10.4. The van der Waals surface area contributed by atoms with E-state index < -0.39 is 0 Å². The van der Waals surface area contributed by atoms with Gasteiger partial charge in [0, 0.05) is 37.9 Å². The second kappa shape index (κ2) is 7.28. The standard InChI is InChI=1S/C18H31N3/c1-14(2)17(19)8-9-20-10-12-21(13-11-20)18-7-5-6-15(3)16(18)4/h5-7,14,17H,8-13,19H2,1-4H3. The largest absolute Gasteiger partial charge is 0.369 e. The average Bonchev–Trinajstić information content (AvgIpc) is 2.48. The van der Waals surface area contributed by atoms with E-state index in [-0.39, 0.29) is 0 Å². The predicted molar refractivity (Wildman–Crippen MR) is 92.0 cm³/mol. The molecule has 0 spiro atoms. The maximum Gasteiger partial charge on any atom is 0.0399 e. The van der Waals surface area contributed by atoms with Crippen molar-refractivity contribution in [1.82, 2.24) is 4.90 Å². The smallest absolute Gasteiger partial charge is 0.0399 e. The third-order valence-electron chi connectivity index (χ3n) is 4.92. The summed E-state index contributed by atoms with van der Waals surface area (Å²) in [4.78, 5) is 5.09. The Bertz CT molecular complexity index is 448. The van der Waals surface area contributed by atoms with Gasteiger partial charge in [-0.25, -0.2) is 0 Å². The van der Waals surface area contributed by atoms with Crippen molar-refractivity contribution in [2.75, 3.05) is 37.6 Å². The first-order valence-electron chi connectivity index (χ1n) is 8.28. The van der Waals surface area contributed by atoms with Gasteiger partial charge in [-0.15, -0.1) is 0 Å². The van der Waals surface area contributed by atoms with Crippen LogP contribution in [0.3, 0.4) is 0 Å². The second-order valence-electron chi connectivity index (χ2n) is 6.74. The quantitative estimate of drug-likeness (QED) is 0.904. The fraction of sp³-hybridized carbons (Fsp3) is 0.667. The zero-order chi connectivity index (χ0) is 15.4. The van der Waals surface area contributed by atoms with Gasteiger partial charge in [0.15, 0.2) is 0 Å². The van der Waals surface area contributed by atoms with Crippen LogP contribution < -0.4 is 10.6 Å². The lowest BCUT2D eigenvalue weighted by Crippen LogP contribution is -2.47. The Hall–Kier alpha value is -1.06. The first kappa shape index (κ1) is 16.3. The Kier molecular flexibility index (Phi) is 5.65. The molecule has 118 valence electrons. The fourth-order valence-corrected chi connectivity index (χ4v) is 2.96. The van der Waals surface area contributed by atoms with E-state index in [4.69, 9.17) is 5.73 Å². The van der Waals surface area contributed by atoms with E-state index in [0.717, 1.165) is 39.1 Å². The third-order valence-corrected chi connectivity index (χ3v) is 4.92. The van der Waals surface area contributed by atoms with E-state index >= 15 is 0 Å². The lowest BCUT2D eigenvalue weighted by Gasteiger charge is -2.37. The summed E-state index contributed by atoms with van der Waals surface area (Å²) in [5, 5.41) is 0. The van der Waals surface area contributed by atoms with Crippen LogP contribution in [0.2, 0.25) is 0 Å². The van der Waals surface area contributed by atoms with Crippen molar-refractivity contribution in [3.63, 3.8) is 0 Å². The van der Waals surface area contributed by atoms with Crippen LogP contribution >= 0.6 is 0 Å². The van der Waals surface area contributed by atoms with Gasteiger partial charge in [0.2, 0.25) is 0 Å². The molecule has 1 atom stereocenters. The summed E-state index contributed by atoms with van der Waals surface area (Å²) >= 11 is 0. The minimum absolute atomic E-state index is 0.335. The van der Waals surface area contributed by atoms with Crippen LogP contribution in [-0.2, 0) is 0 Å². The molecule has 1 saturated heterocycles. The zero-order valence-corrected chi connectivity index (χ0v) is 14.1. The Balaban J connectivity index is 1.84. The summed E-state index contributed by atoms with van der Waals surface area (Å²) in [6.07, 6.45) is 1.11. The average molecular weight is 289 g/mol. The first-order chi connectivity index (χ1) is 9.99. The molecule has 1 heterocycles. The predicted octanol–water partition coefficient (Wildman–Crippen LogP) is 2.80. The molecular formula is C18H31N3. The van der Waals surface area contributed by atoms with E-state index in [1.54, 1.807) is 0 Å². The van der Waals surface area contributed by atoms with E-state index in [2.05, 4.69) is 55.7 Å². The number of anilines is 1. The van der Waals surface area contributed by atoms with Crippen LogP contribution in [0.5, 0.6) is 0 Å². The Morgan fingerprint density at radius 1 is 1.10 bits per heavy atom. The van der Waals surface area contributed by atoms with Crippen molar-refractivity contribution in [3.8, 4) is 0 Å². The topological polar surface area (TPSA) is 32.5 Å². The molecule has 0 aromatic heterocycles. The van der Waals surface area contributed by atoms with Gasteiger partial charge in [-0.2, -0.15) is 0 Å². The van der Waals surface area contributed by atoms with Gasteiger partial charge in [-0.3, -0.25) is 4.90 Å². The van der Waals surface area contributed by atoms with Gasteiger partial charge in [-0.1, -0.05) is 26.0 Å². The molecule has 1 aliphatic rings. The molecule has 1 unspecified atom stereocenters. The number of benzene rings is 1. The molecule has 3 heteroatoms. The highest BCUT2D eigenvalue weighted by molar-refractivity contribution is 5.56. The van der Waals surface area contributed by atoms with Gasteiger partial charge < -0.3 is 10.6 Å². The molecule has 21 heavy (non-hydrogen) atoms. The van der Waals surface area contributed by atoms with Crippen molar-refractivity contribution in [2.45, 2.75) is 40.2 Å².